The Morgan fingerprint density at radius 1 is 1.16 bits per heavy atom. The Morgan fingerprint density at radius 2 is 1.84 bits per heavy atom. The second kappa shape index (κ2) is 8.88. The zero-order valence-corrected chi connectivity index (χ0v) is 18.0. The van der Waals surface area contributed by atoms with E-state index < -0.39 is 29.4 Å². The summed E-state index contributed by atoms with van der Waals surface area (Å²) in [4.78, 5) is 40.3. The molecule has 9 heteroatoms. The number of carbonyl (C=O) groups is 3. The second-order valence-corrected chi connectivity index (χ2v) is 8.62. The first-order valence-electron chi connectivity index (χ1n) is 10.4. The lowest BCUT2D eigenvalue weighted by Crippen LogP contribution is -2.47. The van der Waals surface area contributed by atoms with Gasteiger partial charge in [0.05, 0.1) is 18.6 Å². The fourth-order valence-corrected chi connectivity index (χ4v) is 4.29. The van der Waals surface area contributed by atoms with Gasteiger partial charge in [-0.25, -0.2) is 9.18 Å². The van der Waals surface area contributed by atoms with Crippen molar-refractivity contribution in [2.75, 3.05) is 13.1 Å². The molecule has 2 aliphatic rings. The van der Waals surface area contributed by atoms with Gasteiger partial charge in [-0.1, -0.05) is 35.9 Å². The Hall–Kier alpha value is -2.97. The van der Waals surface area contributed by atoms with Crippen LogP contribution in [-0.4, -0.2) is 51.9 Å². The summed E-state index contributed by atoms with van der Waals surface area (Å²) in [5.41, 5.74) is 0.193. The van der Waals surface area contributed by atoms with Crippen molar-refractivity contribution in [3.05, 3.63) is 70.5 Å². The lowest BCUT2D eigenvalue weighted by atomic mass is 9.84. The molecule has 7 nitrogen and oxygen atoms in total. The highest BCUT2D eigenvalue weighted by molar-refractivity contribution is 6.30. The minimum Gasteiger partial charge on any atom is -0.385 e. The first-order valence-corrected chi connectivity index (χ1v) is 10.8. The molecule has 2 fully saturated rings. The van der Waals surface area contributed by atoms with Crippen LogP contribution in [0.2, 0.25) is 5.02 Å². The number of halogens is 2. The van der Waals surface area contributed by atoms with E-state index in [1.165, 1.54) is 18.2 Å². The third kappa shape index (κ3) is 4.61. The number of amides is 4. The number of benzene rings is 2. The van der Waals surface area contributed by atoms with Crippen LogP contribution >= 0.6 is 11.6 Å². The minimum atomic E-state index is -1.04. The van der Waals surface area contributed by atoms with E-state index in [4.69, 9.17) is 11.6 Å². The molecule has 4 amide bonds. The third-order valence-electron chi connectivity index (χ3n) is 6.04. The average molecular weight is 460 g/mol. The SMILES string of the molecule is O=C(C[C@@H]1NC(=O)N(Cc2cccc(F)c2)C1=O)N1CCC(O)(c2ccc(Cl)cc2)CC1. The largest absolute Gasteiger partial charge is 0.385 e. The molecule has 0 unspecified atom stereocenters. The lowest BCUT2D eigenvalue weighted by Gasteiger charge is -2.38. The summed E-state index contributed by atoms with van der Waals surface area (Å²) in [6.07, 6.45) is 0.553. The van der Waals surface area contributed by atoms with Crippen LogP contribution in [-0.2, 0) is 21.7 Å². The summed E-state index contributed by atoms with van der Waals surface area (Å²) in [5.74, 6) is -1.23. The van der Waals surface area contributed by atoms with Crippen molar-refractivity contribution < 1.29 is 23.9 Å². The van der Waals surface area contributed by atoms with E-state index in [0.717, 1.165) is 10.5 Å². The normalized spacial score (nSPS) is 20.4. The van der Waals surface area contributed by atoms with E-state index in [9.17, 15) is 23.9 Å². The van der Waals surface area contributed by atoms with Gasteiger partial charge in [-0.05, 0) is 48.2 Å². The molecule has 4 rings (SSSR count). The van der Waals surface area contributed by atoms with Crippen LogP contribution in [0.1, 0.15) is 30.4 Å². The maximum absolute atomic E-state index is 13.4. The van der Waals surface area contributed by atoms with Crippen LogP contribution in [0.3, 0.4) is 0 Å². The van der Waals surface area contributed by atoms with Crippen molar-refractivity contribution in [1.82, 2.24) is 15.1 Å². The Morgan fingerprint density at radius 3 is 2.50 bits per heavy atom. The van der Waals surface area contributed by atoms with Crippen LogP contribution in [0.25, 0.3) is 0 Å². The van der Waals surface area contributed by atoms with E-state index in [1.54, 1.807) is 35.2 Å². The fraction of sp³-hybridized carbons (Fsp3) is 0.348. The summed E-state index contributed by atoms with van der Waals surface area (Å²) in [6.45, 7) is 0.602. The summed E-state index contributed by atoms with van der Waals surface area (Å²) in [6, 6.07) is 11.1. The van der Waals surface area contributed by atoms with Gasteiger partial charge in [-0.3, -0.25) is 14.5 Å². The number of carbonyl (C=O) groups excluding carboxylic acids is 3. The fourth-order valence-electron chi connectivity index (χ4n) is 4.16. The van der Waals surface area contributed by atoms with E-state index >= 15 is 0 Å². The average Bonchev–Trinajstić information content (AvgIpc) is 3.02. The molecular weight excluding hydrogens is 437 g/mol. The minimum absolute atomic E-state index is 0.0645. The summed E-state index contributed by atoms with van der Waals surface area (Å²) in [7, 11) is 0. The molecule has 0 bridgehead atoms. The van der Waals surface area contributed by atoms with Gasteiger partial charge in [0.2, 0.25) is 5.91 Å². The van der Waals surface area contributed by atoms with Gasteiger partial charge in [0.15, 0.2) is 0 Å². The molecule has 0 radical (unpaired) electrons. The molecule has 2 aromatic rings. The lowest BCUT2D eigenvalue weighted by molar-refractivity contribution is -0.139. The summed E-state index contributed by atoms with van der Waals surface area (Å²) < 4.78 is 13.4. The van der Waals surface area contributed by atoms with Gasteiger partial charge in [0.25, 0.3) is 5.91 Å². The molecule has 2 saturated heterocycles. The van der Waals surface area contributed by atoms with Crippen molar-refractivity contribution in [3.8, 4) is 0 Å². The maximum Gasteiger partial charge on any atom is 0.325 e. The Balaban J connectivity index is 1.34. The zero-order chi connectivity index (χ0) is 22.9. The topological polar surface area (TPSA) is 90.0 Å². The molecule has 32 heavy (non-hydrogen) atoms. The highest BCUT2D eigenvalue weighted by atomic mass is 35.5. The Bertz CT molecular complexity index is 1040. The van der Waals surface area contributed by atoms with Gasteiger partial charge < -0.3 is 15.3 Å². The Kier molecular flexibility index (Phi) is 6.17. The number of likely N-dealkylation sites (tertiary alicyclic amines) is 1. The summed E-state index contributed by atoms with van der Waals surface area (Å²) in [5, 5.41) is 14.1. The number of nitrogens with zero attached hydrogens (tertiary/aromatic N) is 2. The van der Waals surface area contributed by atoms with Crippen LogP contribution in [0, 0.1) is 5.82 Å². The Labute approximate surface area is 189 Å². The highest BCUT2D eigenvalue weighted by Gasteiger charge is 2.41. The van der Waals surface area contributed by atoms with Gasteiger partial charge in [-0.2, -0.15) is 0 Å². The van der Waals surface area contributed by atoms with Crippen molar-refractivity contribution in [2.45, 2.75) is 37.5 Å². The van der Waals surface area contributed by atoms with Gasteiger partial charge >= 0.3 is 6.03 Å². The molecule has 0 saturated carbocycles. The number of hydrogen-bond acceptors (Lipinski definition) is 4. The van der Waals surface area contributed by atoms with Crippen LogP contribution in [0.5, 0.6) is 0 Å². The van der Waals surface area contributed by atoms with Gasteiger partial charge in [0.1, 0.15) is 11.9 Å². The van der Waals surface area contributed by atoms with Crippen LogP contribution in [0.15, 0.2) is 48.5 Å². The molecular formula is C23H23ClFN3O4. The molecule has 168 valence electrons. The molecule has 2 N–H and O–H groups in total. The standard InChI is InChI=1S/C23H23ClFN3O4/c24-17-6-4-16(5-7-17)23(32)8-10-27(11-9-23)20(29)13-19-21(30)28(22(31)26-19)14-15-2-1-3-18(25)12-15/h1-7,12,19,32H,8-11,13-14H2,(H,26,31)/t19-/m0/s1. The van der Waals surface area contributed by atoms with Crippen molar-refractivity contribution in [3.63, 3.8) is 0 Å². The molecule has 2 heterocycles. The molecule has 2 aromatic carbocycles. The van der Waals surface area contributed by atoms with Crippen LogP contribution in [0.4, 0.5) is 9.18 Å². The van der Waals surface area contributed by atoms with Crippen molar-refractivity contribution in [1.29, 1.82) is 0 Å². The number of urea groups is 1. The quantitative estimate of drug-likeness (QED) is 0.673. The first-order chi connectivity index (χ1) is 15.2. The highest BCUT2D eigenvalue weighted by Crippen LogP contribution is 2.33. The smallest absolute Gasteiger partial charge is 0.325 e. The number of nitrogens with one attached hydrogen (secondary N) is 1. The van der Waals surface area contributed by atoms with Gasteiger partial charge in [0, 0.05) is 18.1 Å². The zero-order valence-electron chi connectivity index (χ0n) is 17.3. The number of rotatable bonds is 5. The number of aliphatic hydroxyl groups is 1. The first kappa shape index (κ1) is 22.2. The van der Waals surface area contributed by atoms with Gasteiger partial charge in [-0.15, -0.1) is 0 Å². The molecule has 0 aliphatic carbocycles. The summed E-state index contributed by atoms with van der Waals surface area (Å²) >= 11 is 5.91. The maximum atomic E-state index is 13.4. The monoisotopic (exact) mass is 459 g/mol. The van der Waals surface area contributed by atoms with Crippen molar-refractivity contribution >= 4 is 29.4 Å². The van der Waals surface area contributed by atoms with E-state index in [0.29, 0.717) is 36.5 Å². The second-order valence-electron chi connectivity index (χ2n) is 8.18. The molecule has 1 atom stereocenters. The third-order valence-corrected chi connectivity index (χ3v) is 6.29. The molecule has 0 aromatic heterocycles. The van der Waals surface area contributed by atoms with Crippen LogP contribution < -0.4 is 5.32 Å². The van der Waals surface area contributed by atoms with E-state index in [-0.39, 0.29) is 18.9 Å². The van der Waals surface area contributed by atoms with E-state index in [1.807, 2.05) is 0 Å². The number of imide groups is 1. The predicted molar refractivity (Wildman–Crippen MR) is 115 cm³/mol. The molecule has 0 spiro atoms. The number of hydrogen-bond donors (Lipinski definition) is 2. The number of piperidine rings is 1. The molecule has 2 aliphatic heterocycles. The predicted octanol–water partition coefficient (Wildman–Crippen LogP) is 2.80. The van der Waals surface area contributed by atoms with Crippen molar-refractivity contribution in [2.24, 2.45) is 0 Å². The van der Waals surface area contributed by atoms with E-state index in [2.05, 4.69) is 5.32 Å².